The second kappa shape index (κ2) is 4.66. The van der Waals surface area contributed by atoms with Gasteiger partial charge in [-0.05, 0) is 32.7 Å². The summed E-state index contributed by atoms with van der Waals surface area (Å²) in [6.07, 6.45) is 0.926. The summed E-state index contributed by atoms with van der Waals surface area (Å²) in [6.45, 7) is 4.63. The second-order valence-electron chi connectivity index (χ2n) is 2.96. The van der Waals surface area contributed by atoms with E-state index in [1.165, 1.54) is 0 Å². The van der Waals surface area contributed by atoms with Crippen LogP contribution < -0.4 is 17.2 Å². The molecule has 2 unspecified atom stereocenters. The molecule has 6 N–H and O–H groups in total. The van der Waals surface area contributed by atoms with Crippen molar-refractivity contribution in [3.05, 3.63) is 0 Å². The molecule has 0 aliphatic carbocycles. The van der Waals surface area contributed by atoms with Crippen LogP contribution in [0.3, 0.4) is 0 Å². The Labute approximate surface area is 62.9 Å². The van der Waals surface area contributed by atoms with E-state index in [4.69, 9.17) is 17.2 Å². The Hall–Kier alpha value is -0.120. The topological polar surface area (TPSA) is 78.1 Å². The minimum absolute atomic E-state index is 0.156. The molecule has 0 rings (SSSR count). The van der Waals surface area contributed by atoms with E-state index >= 15 is 0 Å². The van der Waals surface area contributed by atoms with Crippen LogP contribution in [0.4, 0.5) is 0 Å². The Morgan fingerprint density at radius 1 is 1.10 bits per heavy atom. The van der Waals surface area contributed by atoms with Crippen LogP contribution in [0, 0.1) is 5.92 Å². The summed E-state index contributed by atoms with van der Waals surface area (Å²) in [5.74, 6) is 0.366. The quantitative estimate of drug-likeness (QED) is 0.506. The molecule has 0 saturated heterocycles. The van der Waals surface area contributed by atoms with E-state index in [2.05, 4.69) is 0 Å². The number of hydrogen-bond donors (Lipinski definition) is 3. The average Bonchev–Trinajstić information content (AvgIpc) is 1.81. The van der Waals surface area contributed by atoms with Crippen LogP contribution in [0.1, 0.15) is 20.3 Å². The van der Waals surface area contributed by atoms with E-state index < -0.39 is 0 Å². The Morgan fingerprint density at radius 3 is 1.60 bits per heavy atom. The molecule has 3 nitrogen and oxygen atoms in total. The van der Waals surface area contributed by atoms with Crippen molar-refractivity contribution >= 4 is 0 Å². The largest absolute Gasteiger partial charge is 0.330 e. The molecule has 0 saturated carbocycles. The van der Waals surface area contributed by atoms with Gasteiger partial charge < -0.3 is 17.2 Å². The molecule has 0 aliphatic rings. The lowest BCUT2D eigenvalue weighted by molar-refractivity contribution is 0.361. The third-order valence-electron chi connectivity index (χ3n) is 1.85. The summed E-state index contributed by atoms with van der Waals surface area (Å²) in [5, 5.41) is 0. The molecule has 0 aromatic heterocycles. The lowest BCUT2D eigenvalue weighted by Crippen LogP contribution is -2.40. The molecule has 0 bridgehead atoms. The van der Waals surface area contributed by atoms with E-state index in [-0.39, 0.29) is 12.1 Å². The summed E-state index contributed by atoms with van der Waals surface area (Å²) in [5.41, 5.74) is 16.8. The lowest BCUT2D eigenvalue weighted by Gasteiger charge is -2.23. The van der Waals surface area contributed by atoms with Crippen molar-refractivity contribution < 1.29 is 0 Å². The highest BCUT2D eigenvalue weighted by Crippen LogP contribution is 2.09. The molecule has 0 aliphatic heterocycles. The maximum Gasteiger partial charge on any atom is 0.00539 e. The standard InChI is InChI=1S/C7H19N3/c1-5(9)7(3-4-8)6(2)10/h5-7H,3-4,8-10H2,1-2H3. The fourth-order valence-corrected chi connectivity index (χ4v) is 1.20. The van der Waals surface area contributed by atoms with E-state index in [0.29, 0.717) is 12.5 Å². The second-order valence-corrected chi connectivity index (χ2v) is 2.96. The highest BCUT2D eigenvalue weighted by molar-refractivity contribution is 4.76. The summed E-state index contributed by atoms with van der Waals surface area (Å²) < 4.78 is 0. The summed E-state index contributed by atoms with van der Waals surface area (Å²) >= 11 is 0. The molecule has 62 valence electrons. The zero-order chi connectivity index (χ0) is 8.15. The van der Waals surface area contributed by atoms with E-state index in [1.807, 2.05) is 13.8 Å². The number of rotatable bonds is 4. The van der Waals surface area contributed by atoms with Crippen molar-refractivity contribution in [2.24, 2.45) is 23.1 Å². The molecule has 10 heavy (non-hydrogen) atoms. The Bertz CT molecular complexity index is 72.9. The smallest absolute Gasteiger partial charge is 0.00539 e. The Kier molecular flexibility index (Phi) is 4.60. The first-order valence-electron chi connectivity index (χ1n) is 3.80. The predicted molar refractivity (Wildman–Crippen MR) is 44.5 cm³/mol. The van der Waals surface area contributed by atoms with Crippen LogP contribution in [0.2, 0.25) is 0 Å². The molecule has 0 fully saturated rings. The van der Waals surface area contributed by atoms with E-state index in [1.54, 1.807) is 0 Å². The maximum absolute atomic E-state index is 5.69. The van der Waals surface area contributed by atoms with Gasteiger partial charge in [0.25, 0.3) is 0 Å². The normalized spacial score (nSPS) is 20.1. The molecule has 0 aromatic carbocycles. The van der Waals surface area contributed by atoms with Crippen molar-refractivity contribution in [2.45, 2.75) is 32.4 Å². The molecule has 0 aromatic rings. The van der Waals surface area contributed by atoms with Crippen LogP contribution in [0.25, 0.3) is 0 Å². The maximum atomic E-state index is 5.69. The molecule has 3 heteroatoms. The average molecular weight is 145 g/mol. The van der Waals surface area contributed by atoms with Gasteiger partial charge >= 0.3 is 0 Å². The number of nitrogens with two attached hydrogens (primary N) is 3. The molecular weight excluding hydrogens is 126 g/mol. The molecule has 0 amide bonds. The zero-order valence-electron chi connectivity index (χ0n) is 6.88. The van der Waals surface area contributed by atoms with E-state index in [0.717, 1.165) is 6.42 Å². The van der Waals surface area contributed by atoms with Crippen molar-refractivity contribution in [2.75, 3.05) is 6.54 Å². The minimum atomic E-state index is 0.156. The van der Waals surface area contributed by atoms with Crippen LogP contribution in [0.15, 0.2) is 0 Å². The SMILES string of the molecule is CC(N)C(CCN)C(C)N. The minimum Gasteiger partial charge on any atom is -0.330 e. The van der Waals surface area contributed by atoms with Gasteiger partial charge in [-0.3, -0.25) is 0 Å². The first kappa shape index (κ1) is 9.88. The van der Waals surface area contributed by atoms with Crippen molar-refractivity contribution in [1.82, 2.24) is 0 Å². The first-order chi connectivity index (χ1) is 4.59. The zero-order valence-corrected chi connectivity index (χ0v) is 6.88. The summed E-state index contributed by atoms with van der Waals surface area (Å²) in [7, 11) is 0. The van der Waals surface area contributed by atoms with Gasteiger partial charge in [-0.25, -0.2) is 0 Å². The van der Waals surface area contributed by atoms with Crippen LogP contribution in [-0.2, 0) is 0 Å². The third-order valence-corrected chi connectivity index (χ3v) is 1.85. The highest BCUT2D eigenvalue weighted by atomic mass is 14.7. The third kappa shape index (κ3) is 3.15. The summed E-state index contributed by atoms with van der Waals surface area (Å²) in [6, 6.07) is 0.312. The van der Waals surface area contributed by atoms with Gasteiger partial charge in [0.15, 0.2) is 0 Å². The van der Waals surface area contributed by atoms with Gasteiger partial charge in [0.2, 0.25) is 0 Å². The summed E-state index contributed by atoms with van der Waals surface area (Å²) in [4.78, 5) is 0. The molecular formula is C7H19N3. The lowest BCUT2D eigenvalue weighted by atomic mass is 9.92. The Morgan fingerprint density at radius 2 is 1.50 bits per heavy atom. The van der Waals surface area contributed by atoms with E-state index in [9.17, 15) is 0 Å². The van der Waals surface area contributed by atoms with Crippen LogP contribution in [-0.4, -0.2) is 18.6 Å². The van der Waals surface area contributed by atoms with Gasteiger partial charge in [-0.2, -0.15) is 0 Å². The van der Waals surface area contributed by atoms with Gasteiger partial charge in [0.05, 0.1) is 0 Å². The van der Waals surface area contributed by atoms with Crippen molar-refractivity contribution in [3.8, 4) is 0 Å². The molecule has 0 heterocycles. The highest BCUT2D eigenvalue weighted by Gasteiger charge is 2.16. The molecule has 0 spiro atoms. The monoisotopic (exact) mass is 145 g/mol. The van der Waals surface area contributed by atoms with Gasteiger partial charge in [-0.1, -0.05) is 0 Å². The molecule has 2 atom stereocenters. The predicted octanol–water partition coefficient (Wildman–Crippen LogP) is -0.354. The van der Waals surface area contributed by atoms with Gasteiger partial charge in [0, 0.05) is 12.1 Å². The Balaban J connectivity index is 3.73. The number of hydrogen-bond acceptors (Lipinski definition) is 3. The van der Waals surface area contributed by atoms with Crippen LogP contribution in [0.5, 0.6) is 0 Å². The van der Waals surface area contributed by atoms with Crippen LogP contribution >= 0.6 is 0 Å². The van der Waals surface area contributed by atoms with Gasteiger partial charge in [0.1, 0.15) is 0 Å². The molecule has 0 radical (unpaired) electrons. The van der Waals surface area contributed by atoms with Gasteiger partial charge in [-0.15, -0.1) is 0 Å². The fraction of sp³-hybridized carbons (Fsp3) is 1.00. The fourth-order valence-electron chi connectivity index (χ4n) is 1.20. The van der Waals surface area contributed by atoms with Crippen molar-refractivity contribution in [3.63, 3.8) is 0 Å². The van der Waals surface area contributed by atoms with Crippen molar-refractivity contribution in [1.29, 1.82) is 0 Å². The first-order valence-corrected chi connectivity index (χ1v) is 3.80.